The molecule has 6 heteroatoms. The van der Waals surface area contributed by atoms with Crippen LogP contribution in [0.3, 0.4) is 0 Å². The lowest BCUT2D eigenvalue weighted by atomic mass is 10.3. The van der Waals surface area contributed by atoms with Gasteiger partial charge >= 0.3 is 5.97 Å². The number of hydrogen-bond donors (Lipinski definition) is 1. The quantitative estimate of drug-likeness (QED) is 0.882. The van der Waals surface area contributed by atoms with Gasteiger partial charge in [0.05, 0.1) is 4.47 Å². The van der Waals surface area contributed by atoms with Crippen LogP contribution >= 0.6 is 15.9 Å². The van der Waals surface area contributed by atoms with Crippen LogP contribution in [0.4, 0.5) is 5.82 Å². The molecule has 1 N–H and O–H groups in total. The van der Waals surface area contributed by atoms with Crippen molar-refractivity contribution < 1.29 is 9.90 Å². The van der Waals surface area contributed by atoms with Crippen LogP contribution in [-0.4, -0.2) is 34.1 Å². The highest BCUT2D eigenvalue weighted by Gasteiger charge is 2.19. The summed E-state index contributed by atoms with van der Waals surface area (Å²) >= 11 is 3.25. The van der Waals surface area contributed by atoms with E-state index < -0.39 is 12.0 Å². The SMILES string of the molecule is CC(C(=O)O)N(C)c1ncncc1Br. The van der Waals surface area contributed by atoms with Gasteiger partial charge in [-0.3, -0.25) is 0 Å². The zero-order valence-electron chi connectivity index (χ0n) is 7.81. The summed E-state index contributed by atoms with van der Waals surface area (Å²) in [4.78, 5) is 20.1. The molecule has 0 aliphatic heterocycles. The Hall–Kier alpha value is -1.17. The summed E-state index contributed by atoms with van der Waals surface area (Å²) in [5, 5.41) is 8.80. The van der Waals surface area contributed by atoms with E-state index in [1.54, 1.807) is 25.1 Å². The van der Waals surface area contributed by atoms with Gasteiger partial charge in [0.2, 0.25) is 0 Å². The van der Waals surface area contributed by atoms with E-state index in [9.17, 15) is 4.79 Å². The van der Waals surface area contributed by atoms with Gasteiger partial charge in [-0.15, -0.1) is 0 Å². The highest BCUT2D eigenvalue weighted by Crippen LogP contribution is 2.22. The number of halogens is 1. The molecule has 0 bridgehead atoms. The maximum Gasteiger partial charge on any atom is 0.326 e. The Balaban J connectivity index is 2.94. The van der Waals surface area contributed by atoms with Gasteiger partial charge in [0.15, 0.2) is 0 Å². The molecule has 0 saturated heterocycles. The minimum atomic E-state index is -0.891. The largest absolute Gasteiger partial charge is 0.480 e. The number of hydrogen-bond acceptors (Lipinski definition) is 4. The van der Waals surface area contributed by atoms with Crippen molar-refractivity contribution in [1.29, 1.82) is 0 Å². The van der Waals surface area contributed by atoms with E-state index in [1.165, 1.54) is 6.33 Å². The Morgan fingerprint density at radius 3 is 2.86 bits per heavy atom. The molecule has 0 aliphatic rings. The predicted molar refractivity (Wildman–Crippen MR) is 55.2 cm³/mol. The topological polar surface area (TPSA) is 66.3 Å². The van der Waals surface area contributed by atoms with Crippen LogP contribution in [0.2, 0.25) is 0 Å². The molecule has 14 heavy (non-hydrogen) atoms. The summed E-state index contributed by atoms with van der Waals surface area (Å²) < 4.78 is 0.676. The zero-order chi connectivity index (χ0) is 10.7. The second kappa shape index (κ2) is 4.36. The first-order chi connectivity index (χ1) is 6.54. The van der Waals surface area contributed by atoms with E-state index in [1.807, 2.05) is 0 Å². The van der Waals surface area contributed by atoms with Crippen LogP contribution < -0.4 is 4.90 Å². The number of nitrogens with zero attached hydrogens (tertiary/aromatic N) is 3. The minimum absolute atomic E-state index is 0.565. The van der Waals surface area contributed by atoms with Crippen LogP contribution in [0.25, 0.3) is 0 Å². The van der Waals surface area contributed by atoms with E-state index in [4.69, 9.17) is 5.11 Å². The number of rotatable bonds is 3. The Morgan fingerprint density at radius 2 is 2.36 bits per heavy atom. The lowest BCUT2D eigenvalue weighted by Gasteiger charge is -2.22. The van der Waals surface area contributed by atoms with E-state index in [-0.39, 0.29) is 0 Å². The number of aliphatic carboxylic acids is 1. The molecular formula is C8H10BrN3O2. The maximum absolute atomic E-state index is 10.7. The number of carboxylic acids is 1. The van der Waals surface area contributed by atoms with Gasteiger partial charge in [-0.25, -0.2) is 14.8 Å². The molecule has 1 aromatic rings. The van der Waals surface area contributed by atoms with Gasteiger partial charge in [-0.1, -0.05) is 0 Å². The lowest BCUT2D eigenvalue weighted by Crippen LogP contribution is -2.36. The third kappa shape index (κ3) is 2.20. The fourth-order valence-electron chi connectivity index (χ4n) is 0.915. The van der Waals surface area contributed by atoms with Crippen molar-refractivity contribution in [1.82, 2.24) is 9.97 Å². The van der Waals surface area contributed by atoms with E-state index >= 15 is 0 Å². The van der Waals surface area contributed by atoms with E-state index in [2.05, 4.69) is 25.9 Å². The fraction of sp³-hybridized carbons (Fsp3) is 0.375. The molecule has 76 valence electrons. The molecule has 0 amide bonds. The van der Waals surface area contributed by atoms with Gasteiger partial charge in [0.1, 0.15) is 18.2 Å². The van der Waals surface area contributed by atoms with Gasteiger partial charge < -0.3 is 10.0 Å². The minimum Gasteiger partial charge on any atom is -0.480 e. The summed E-state index contributed by atoms with van der Waals surface area (Å²) in [5.41, 5.74) is 0. The van der Waals surface area contributed by atoms with Crippen LogP contribution in [0.5, 0.6) is 0 Å². The first-order valence-corrected chi connectivity index (χ1v) is 4.74. The Bertz CT molecular complexity index is 345. The fourth-order valence-corrected chi connectivity index (χ4v) is 1.42. The summed E-state index contributed by atoms with van der Waals surface area (Å²) in [6, 6.07) is -0.624. The molecular weight excluding hydrogens is 250 g/mol. The first kappa shape index (κ1) is 10.9. The highest BCUT2D eigenvalue weighted by molar-refractivity contribution is 9.10. The van der Waals surface area contributed by atoms with Crippen molar-refractivity contribution in [2.45, 2.75) is 13.0 Å². The predicted octanol–water partition coefficient (Wildman–Crippen LogP) is 1.15. The molecule has 5 nitrogen and oxygen atoms in total. The summed E-state index contributed by atoms with van der Waals surface area (Å²) in [7, 11) is 1.67. The monoisotopic (exact) mass is 259 g/mol. The van der Waals surface area contributed by atoms with Crippen LogP contribution in [0.15, 0.2) is 17.0 Å². The molecule has 0 radical (unpaired) electrons. The normalized spacial score (nSPS) is 12.2. The average molecular weight is 260 g/mol. The second-order valence-electron chi connectivity index (χ2n) is 2.82. The third-order valence-electron chi connectivity index (χ3n) is 1.92. The zero-order valence-corrected chi connectivity index (χ0v) is 9.39. The molecule has 0 spiro atoms. The van der Waals surface area contributed by atoms with Crippen molar-refractivity contribution in [2.24, 2.45) is 0 Å². The smallest absolute Gasteiger partial charge is 0.326 e. The Labute approximate surface area is 89.9 Å². The molecule has 1 atom stereocenters. The van der Waals surface area contributed by atoms with Crippen LogP contribution in [0, 0.1) is 0 Å². The molecule has 0 aliphatic carbocycles. The van der Waals surface area contributed by atoms with Crippen LogP contribution in [0.1, 0.15) is 6.92 Å². The average Bonchev–Trinajstić information content (AvgIpc) is 2.16. The number of aromatic nitrogens is 2. The van der Waals surface area contributed by atoms with Gasteiger partial charge in [0, 0.05) is 13.2 Å². The molecule has 0 aromatic carbocycles. The molecule has 0 fully saturated rings. The van der Waals surface area contributed by atoms with Gasteiger partial charge in [0.25, 0.3) is 0 Å². The summed E-state index contributed by atoms with van der Waals surface area (Å²) in [6.07, 6.45) is 2.96. The number of anilines is 1. The van der Waals surface area contributed by atoms with Crippen molar-refractivity contribution in [3.63, 3.8) is 0 Å². The Kier molecular flexibility index (Phi) is 3.40. The van der Waals surface area contributed by atoms with Crippen molar-refractivity contribution in [2.75, 3.05) is 11.9 Å². The number of carbonyl (C=O) groups is 1. The molecule has 1 unspecified atom stereocenters. The summed E-state index contributed by atoms with van der Waals surface area (Å²) in [6.45, 7) is 1.59. The second-order valence-corrected chi connectivity index (χ2v) is 3.67. The molecule has 1 rings (SSSR count). The van der Waals surface area contributed by atoms with Gasteiger partial charge in [-0.2, -0.15) is 0 Å². The van der Waals surface area contributed by atoms with Crippen molar-refractivity contribution >= 4 is 27.7 Å². The number of carboxylic acid groups (broad SMARTS) is 1. The van der Waals surface area contributed by atoms with Crippen molar-refractivity contribution in [3.05, 3.63) is 17.0 Å². The highest BCUT2D eigenvalue weighted by atomic mass is 79.9. The molecule has 1 aromatic heterocycles. The standard InChI is InChI=1S/C8H10BrN3O2/c1-5(8(13)14)12(2)7-6(9)3-10-4-11-7/h3-5H,1-2H3,(H,13,14). The summed E-state index contributed by atoms with van der Waals surface area (Å²) in [5.74, 6) is -0.326. The Morgan fingerprint density at radius 1 is 1.71 bits per heavy atom. The molecule has 0 saturated carbocycles. The third-order valence-corrected chi connectivity index (χ3v) is 2.48. The number of likely N-dealkylation sites (N-methyl/N-ethyl adjacent to an activating group) is 1. The van der Waals surface area contributed by atoms with Crippen LogP contribution in [-0.2, 0) is 4.79 Å². The van der Waals surface area contributed by atoms with E-state index in [0.29, 0.717) is 10.3 Å². The first-order valence-electron chi connectivity index (χ1n) is 3.95. The lowest BCUT2D eigenvalue weighted by molar-refractivity contribution is -0.138. The maximum atomic E-state index is 10.7. The molecule has 1 heterocycles. The van der Waals surface area contributed by atoms with Gasteiger partial charge in [-0.05, 0) is 22.9 Å². The van der Waals surface area contributed by atoms with Crippen molar-refractivity contribution in [3.8, 4) is 0 Å². The van der Waals surface area contributed by atoms with E-state index in [0.717, 1.165) is 0 Å².